The molecule has 0 bridgehead atoms. The van der Waals surface area contributed by atoms with Crippen molar-refractivity contribution in [2.75, 3.05) is 17.7 Å². The molecule has 5 nitrogen and oxygen atoms in total. The minimum Gasteiger partial charge on any atom is -0.452 e. The van der Waals surface area contributed by atoms with E-state index < -0.39 is 11.9 Å². The molecule has 2 rings (SSSR count). The average Bonchev–Trinajstić information content (AvgIpc) is 2.50. The summed E-state index contributed by atoms with van der Waals surface area (Å²) in [6.45, 7) is 3.40. The molecule has 0 heterocycles. The number of nitrogens with two attached hydrogens (primary N) is 1. The zero-order valence-corrected chi connectivity index (χ0v) is 12.6. The lowest BCUT2D eigenvalue weighted by Gasteiger charge is -2.09. The van der Waals surface area contributed by atoms with Crippen LogP contribution in [-0.2, 0) is 9.53 Å². The van der Waals surface area contributed by atoms with Crippen LogP contribution in [0.3, 0.4) is 0 Å². The smallest absolute Gasteiger partial charge is 0.340 e. The third-order valence-corrected chi connectivity index (χ3v) is 3.21. The lowest BCUT2D eigenvalue weighted by Crippen LogP contribution is -2.21. The predicted molar refractivity (Wildman–Crippen MR) is 85.7 cm³/mol. The van der Waals surface area contributed by atoms with Crippen molar-refractivity contribution < 1.29 is 14.3 Å². The van der Waals surface area contributed by atoms with Gasteiger partial charge in [-0.3, -0.25) is 4.79 Å². The zero-order chi connectivity index (χ0) is 16.1. The van der Waals surface area contributed by atoms with E-state index in [0.717, 1.165) is 11.1 Å². The average molecular weight is 298 g/mol. The number of para-hydroxylation sites is 1. The second kappa shape index (κ2) is 6.76. The van der Waals surface area contributed by atoms with Gasteiger partial charge in [0.25, 0.3) is 5.91 Å². The van der Waals surface area contributed by atoms with Crippen LogP contribution in [0.5, 0.6) is 0 Å². The Morgan fingerprint density at radius 1 is 1.09 bits per heavy atom. The maximum atomic E-state index is 11.9. The van der Waals surface area contributed by atoms with Gasteiger partial charge in [0.15, 0.2) is 6.61 Å². The van der Waals surface area contributed by atoms with E-state index >= 15 is 0 Å². The topological polar surface area (TPSA) is 81.4 Å². The Labute approximate surface area is 129 Å². The molecule has 114 valence electrons. The number of hydrogen-bond acceptors (Lipinski definition) is 4. The number of aryl methyl sites for hydroxylation is 2. The highest BCUT2D eigenvalue weighted by Crippen LogP contribution is 2.17. The molecule has 22 heavy (non-hydrogen) atoms. The zero-order valence-electron chi connectivity index (χ0n) is 12.6. The maximum Gasteiger partial charge on any atom is 0.340 e. The minimum atomic E-state index is -0.611. The van der Waals surface area contributed by atoms with Gasteiger partial charge in [0.1, 0.15) is 0 Å². The van der Waals surface area contributed by atoms with Gasteiger partial charge >= 0.3 is 5.97 Å². The van der Waals surface area contributed by atoms with Gasteiger partial charge < -0.3 is 15.8 Å². The second-order valence-corrected chi connectivity index (χ2v) is 5.03. The lowest BCUT2D eigenvalue weighted by atomic mass is 10.1. The van der Waals surface area contributed by atoms with Crippen LogP contribution < -0.4 is 11.1 Å². The number of nitrogen functional groups attached to an aromatic ring is 1. The number of rotatable bonds is 4. The Kier molecular flexibility index (Phi) is 4.78. The summed E-state index contributed by atoms with van der Waals surface area (Å²) in [5, 5.41) is 2.65. The third-order valence-electron chi connectivity index (χ3n) is 3.21. The van der Waals surface area contributed by atoms with Crippen molar-refractivity contribution in [3.05, 3.63) is 59.2 Å². The van der Waals surface area contributed by atoms with Crippen molar-refractivity contribution in [3.8, 4) is 0 Å². The minimum absolute atomic E-state index is 0.267. The normalized spacial score (nSPS) is 10.1. The first-order valence-corrected chi connectivity index (χ1v) is 6.86. The molecule has 0 saturated carbocycles. The number of carbonyl (C=O) groups is 2. The van der Waals surface area contributed by atoms with Crippen molar-refractivity contribution in [1.82, 2.24) is 0 Å². The molecule has 0 unspecified atom stereocenters. The molecule has 0 fully saturated rings. The molecule has 0 aliphatic heterocycles. The Hall–Kier alpha value is -2.82. The highest BCUT2D eigenvalue weighted by atomic mass is 16.5. The predicted octanol–water partition coefficient (Wildman–Crippen LogP) is 2.68. The molecular weight excluding hydrogens is 280 g/mol. The van der Waals surface area contributed by atoms with Crippen molar-refractivity contribution in [1.29, 1.82) is 0 Å². The van der Waals surface area contributed by atoms with Crippen LogP contribution in [0.1, 0.15) is 21.5 Å². The summed E-state index contributed by atoms with van der Waals surface area (Å²) in [5.41, 5.74) is 9.00. The Morgan fingerprint density at radius 3 is 2.45 bits per heavy atom. The summed E-state index contributed by atoms with van der Waals surface area (Å²) < 4.78 is 4.99. The van der Waals surface area contributed by atoms with Crippen molar-refractivity contribution >= 4 is 23.3 Å². The van der Waals surface area contributed by atoms with Crippen LogP contribution in [0, 0.1) is 13.8 Å². The van der Waals surface area contributed by atoms with Crippen molar-refractivity contribution in [2.45, 2.75) is 13.8 Å². The molecule has 5 heteroatoms. The molecule has 0 radical (unpaired) electrons. The van der Waals surface area contributed by atoms with Crippen LogP contribution in [0.4, 0.5) is 11.4 Å². The molecule has 2 aromatic carbocycles. The molecule has 0 aromatic heterocycles. The molecule has 0 spiro atoms. The quantitative estimate of drug-likeness (QED) is 0.671. The van der Waals surface area contributed by atoms with E-state index in [9.17, 15) is 9.59 Å². The molecule has 0 aliphatic rings. The summed E-state index contributed by atoms with van der Waals surface area (Å²) in [4.78, 5) is 23.7. The fraction of sp³-hybridized carbons (Fsp3) is 0.176. The van der Waals surface area contributed by atoms with Crippen molar-refractivity contribution in [2.24, 2.45) is 0 Å². The van der Waals surface area contributed by atoms with E-state index in [-0.39, 0.29) is 12.2 Å². The first kappa shape index (κ1) is 15.6. The van der Waals surface area contributed by atoms with Crippen LogP contribution in [-0.4, -0.2) is 18.5 Å². The Bertz CT molecular complexity index is 694. The van der Waals surface area contributed by atoms with Gasteiger partial charge in [-0.15, -0.1) is 0 Å². The van der Waals surface area contributed by atoms with Crippen LogP contribution in [0.15, 0.2) is 42.5 Å². The number of amides is 1. The maximum absolute atomic E-state index is 11.9. The molecule has 0 atom stereocenters. The molecule has 0 saturated heterocycles. The van der Waals surface area contributed by atoms with Crippen LogP contribution in [0.2, 0.25) is 0 Å². The van der Waals surface area contributed by atoms with Crippen molar-refractivity contribution in [3.63, 3.8) is 0 Å². The number of hydrogen-bond donors (Lipinski definition) is 2. The fourth-order valence-corrected chi connectivity index (χ4v) is 1.90. The summed E-state index contributed by atoms with van der Waals surface area (Å²) in [6.07, 6.45) is 0. The summed E-state index contributed by atoms with van der Waals surface area (Å²) in [6, 6.07) is 12.4. The van der Waals surface area contributed by atoms with E-state index in [1.54, 1.807) is 37.3 Å². The SMILES string of the molecule is Cc1ccc(NC(=O)COC(=O)c2cccc(C)c2N)cc1. The molecule has 2 aromatic rings. The first-order valence-electron chi connectivity index (χ1n) is 6.86. The van der Waals surface area contributed by atoms with Gasteiger partial charge in [0, 0.05) is 11.4 Å². The van der Waals surface area contributed by atoms with E-state index in [1.165, 1.54) is 0 Å². The van der Waals surface area contributed by atoms with Gasteiger partial charge in [-0.25, -0.2) is 4.79 Å². The largest absolute Gasteiger partial charge is 0.452 e. The standard InChI is InChI=1S/C17H18N2O3/c1-11-6-8-13(9-7-11)19-15(20)10-22-17(21)14-5-3-4-12(2)16(14)18/h3-9H,10,18H2,1-2H3,(H,19,20). The molecule has 0 aliphatic carbocycles. The van der Waals surface area contributed by atoms with Gasteiger partial charge in [0.2, 0.25) is 0 Å². The highest BCUT2D eigenvalue weighted by molar-refractivity contribution is 5.98. The third kappa shape index (κ3) is 3.85. The fourth-order valence-electron chi connectivity index (χ4n) is 1.90. The summed E-state index contributed by atoms with van der Waals surface area (Å²) in [7, 11) is 0. The molecule has 3 N–H and O–H groups in total. The van der Waals surface area contributed by atoms with E-state index in [0.29, 0.717) is 11.4 Å². The number of esters is 1. The van der Waals surface area contributed by atoms with Crippen LogP contribution >= 0.6 is 0 Å². The van der Waals surface area contributed by atoms with Gasteiger partial charge in [-0.2, -0.15) is 0 Å². The summed E-state index contributed by atoms with van der Waals surface area (Å²) >= 11 is 0. The second-order valence-electron chi connectivity index (χ2n) is 5.03. The van der Waals surface area contributed by atoms with Crippen LogP contribution in [0.25, 0.3) is 0 Å². The number of anilines is 2. The number of carbonyl (C=O) groups excluding carboxylic acids is 2. The number of ether oxygens (including phenoxy) is 1. The van der Waals surface area contributed by atoms with Gasteiger partial charge in [0.05, 0.1) is 5.56 Å². The number of nitrogens with one attached hydrogen (secondary N) is 1. The Balaban J connectivity index is 1.92. The monoisotopic (exact) mass is 298 g/mol. The Morgan fingerprint density at radius 2 is 1.77 bits per heavy atom. The highest BCUT2D eigenvalue weighted by Gasteiger charge is 2.14. The lowest BCUT2D eigenvalue weighted by molar-refractivity contribution is -0.119. The van der Waals surface area contributed by atoms with E-state index in [2.05, 4.69) is 5.32 Å². The van der Waals surface area contributed by atoms with E-state index in [4.69, 9.17) is 10.5 Å². The number of benzene rings is 2. The molecule has 1 amide bonds. The summed E-state index contributed by atoms with van der Waals surface area (Å²) in [5.74, 6) is -1.01. The first-order chi connectivity index (χ1) is 10.5. The van der Waals surface area contributed by atoms with E-state index in [1.807, 2.05) is 19.1 Å². The molecular formula is C17H18N2O3. The van der Waals surface area contributed by atoms with Gasteiger partial charge in [-0.1, -0.05) is 29.8 Å². The van der Waals surface area contributed by atoms with Gasteiger partial charge in [-0.05, 0) is 37.6 Å².